The van der Waals surface area contributed by atoms with E-state index in [-0.39, 0.29) is 59.9 Å². The lowest BCUT2D eigenvalue weighted by Crippen LogP contribution is -2.52. The van der Waals surface area contributed by atoms with Gasteiger partial charge in [0.1, 0.15) is 0 Å². The van der Waals surface area contributed by atoms with Gasteiger partial charge in [-0.3, -0.25) is 14.4 Å². The van der Waals surface area contributed by atoms with E-state index in [1.54, 1.807) is 0 Å². The zero-order valence-electron chi connectivity index (χ0n) is 16.2. The number of benzene rings is 1. The monoisotopic (exact) mass is 421 g/mol. The van der Waals surface area contributed by atoms with E-state index >= 15 is 0 Å². The summed E-state index contributed by atoms with van der Waals surface area (Å²) in [5, 5.41) is 6.20. The third kappa shape index (κ3) is 2.75. The molecule has 9 heteroatoms. The largest absolute Gasteiger partial charge is 0.330 e. The fourth-order valence-electron chi connectivity index (χ4n) is 5.79. The van der Waals surface area contributed by atoms with Crippen molar-refractivity contribution >= 4 is 18.0 Å². The van der Waals surface area contributed by atoms with Gasteiger partial charge in [0, 0.05) is 24.7 Å². The van der Waals surface area contributed by atoms with Crippen LogP contribution in [0.1, 0.15) is 46.7 Å². The fourth-order valence-corrected chi connectivity index (χ4v) is 5.79. The molecule has 2 saturated heterocycles. The van der Waals surface area contributed by atoms with Crippen molar-refractivity contribution in [3.63, 3.8) is 0 Å². The minimum Gasteiger partial charge on any atom is -0.330 e. The number of amides is 1. The van der Waals surface area contributed by atoms with Crippen molar-refractivity contribution in [2.75, 3.05) is 19.6 Å². The first kappa shape index (κ1) is 19.7. The van der Waals surface area contributed by atoms with Gasteiger partial charge < -0.3 is 15.5 Å². The van der Waals surface area contributed by atoms with Gasteiger partial charge in [-0.2, -0.15) is 0 Å². The van der Waals surface area contributed by atoms with Crippen LogP contribution in [0.4, 0.5) is 13.2 Å². The summed E-state index contributed by atoms with van der Waals surface area (Å²) < 4.78 is 44.0. The zero-order valence-corrected chi connectivity index (χ0v) is 16.2. The molecule has 160 valence electrons. The molecule has 1 aromatic rings. The number of nitrogens with one attached hydrogen (secondary N) is 2. The summed E-state index contributed by atoms with van der Waals surface area (Å²) in [7, 11) is 0. The van der Waals surface area contributed by atoms with Crippen molar-refractivity contribution in [3.05, 3.63) is 34.1 Å². The van der Waals surface area contributed by atoms with Gasteiger partial charge in [-0.1, -0.05) is 0 Å². The van der Waals surface area contributed by atoms with Crippen LogP contribution < -0.4 is 10.6 Å². The van der Waals surface area contributed by atoms with Crippen LogP contribution in [0.3, 0.4) is 0 Å². The second kappa shape index (κ2) is 7.16. The van der Waals surface area contributed by atoms with Crippen LogP contribution in [-0.4, -0.2) is 54.6 Å². The van der Waals surface area contributed by atoms with Crippen molar-refractivity contribution < 1.29 is 27.6 Å². The van der Waals surface area contributed by atoms with Crippen LogP contribution in [0.2, 0.25) is 0 Å². The summed E-state index contributed by atoms with van der Waals surface area (Å²) in [6, 6.07) is -0.940. The topological polar surface area (TPSA) is 78.5 Å². The van der Waals surface area contributed by atoms with E-state index in [9.17, 15) is 27.6 Å². The molecule has 2 bridgehead atoms. The Morgan fingerprint density at radius 1 is 1.03 bits per heavy atom. The number of hydrogen-bond acceptors (Lipinski definition) is 5. The highest BCUT2D eigenvalue weighted by atomic mass is 19.2. The Morgan fingerprint density at radius 2 is 1.77 bits per heavy atom. The predicted octanol–water partition coefficient (Wildman–Crippen LogP) is 1.27. The number of aldehydes is 1. The van der Waals surface area contributed by atoms with Gasteiger partial charge in [0.05, 0.1) is 11.6 Å². The first-order chi connectivity index (χ1) is 14.4. The maximum absolute atomic E-state index is 14.9. The van der Waals surface area contributed by atoms with Crippen LogP contribution in [-0.2, 0) is 16.1 Å². The van der Waals surface area contributed by atoms with Crippen LogP contribution in [0.25, 0.3) is 0 Å². The Kier molecular flexibility index (Phi) is 4.70. The number of carbonyl (C=O) groups is 3. The van der Waals surface area contributed by atoms with Gasteiger partial charge >= 0.3 is 0 Å². The molecule has 4 atom stereocenters. The number of Topliss-reactive ketones (excluding diaryl/α,β-unsaturated/α-hetero) is 1. The lowest BCUT2D eigenvalue weighted by atomic mass is 9.58. The highest BCUT2D eigenvalue weighted by molar-refractivity contribution is 6.27. The van der Waals surface area contributed by atoms with E-state index in [1.807, 2.05) is 0 Å². The van der Waals surface area contributed by atoms with Gasteiger partial charge in [0.2, 0.25) is 5.78 Å². The minimum atomic E-state index is -1.57. The Labute approximate surface area is 171 Å². The summed E-state index contributed by atoms with van der Waals surface area (Å²) in [5.74, 6) is -5.24. The van der Waals surface area contributed by atoms with E-state index in [0.29, 0.717) is 25.9 Å². The summed E-state index contributed by atoms with van der Waals surface area (Å²) in [6.07, 6.45) is 1.99. The van der Waals surface area contributed by atoms with Crippen LogP contribution >= 0.6 is 0 Å². The van der Waals surface area contributed by atoms with E-state index in [2.05, 4.69) is 10.6 Å². The molecule has 0 radical (unpaired) electrons. The quantitative estimate of drug-likeness (QED) is 0.435. The third-order valence-electron chi connectivity index (χ3n) is 7.33. The standard InChI is InChI=1S/C21H22F3N3O3/c22-18-16(15-9-3-10(15)5-25-4-9)12-7-27(21(30)17(12)19(23)20(18)24)11-1-2-13(26-6-11)14(29)8-28/h8-11,13,15,25-26H,1-7H2. The number of hydrogen-bond donors (Lipinski definition) is 2. The Bertz CT molecular complexity index is 931. The molecule has 30 heavy (non-hydrogen) atoms. The lowest BCUT2D eigenvalue weighted by molar-refractivity contribution is -0.131. The highest BCUT2D eigenvalue weighted by Gasteiger charge is 2.50. The first-order valence-corrected chi connectivity index (χ1v) is 10.4. The van der Waals surface area contributed by atoms with E-state index in [0.717, 1.165) is 6.42 Å². The van der Waals surface area contributed by atoms with Gasteiger partial charge in [0.15, 0.2) is 23.7 Å². The molecule has 3 heterocycles. The molecule has 1 aliphatic carbocycles. The summed E-state index contributed by atoms with van der Waals surface area (Å²) in [6.45, 7) is 1.68. The van der Waals surface area contributed by atoms with Crippen molar-refractivity contribution in [1.29, 1.82) is 0 Å². The van der Waals surface area contributed by atoms with Gasteiger partial charge in [0.25, 0.3) is 5.91 Å². The molecular weight excluding hydrogens is 399 g/mol. The Morgan fingerprint density at radius 3 is 2.37 bits per heavy atom. The van der Waals surface area contributed by atoms with Gasteiger partial charge in [-0.25, -0.2) is 13.2 Å². The number of fused-ring (bicyclic) bond motifs is 3. The van der Waals surface area contributed by atoms with E-state index in [4.69, 9.17) is 0 Å². The molecule has 3 aliphatic heterocycles. The molecule has 4 unspecified atom stereocenters. The average molecular weight is 421 g/mol. The number of piperidine rings is 3. The maximum Gasteiger partial charge on any atom is 0.257 e. The molecule has 3 fully saturated rings. The van der Waals surface area contributed by atoms with Crippen molar-refractivity contribution in [2.24, 2.45) is 11.8 Å². The molecule has 4 aliphatic rings. The maximum atomic E-state index is 14.9. The molecular formula is C21H22F3N3O3. The summed E-state index contributed by atoms with van der Waals surface area (Å²) in [5.41, 5.74) is 0.0808. The normalized spacial score (nSPS) is 32.6. The molecule has 1 saturated carbocycles. The lowest BCUT2D eigenvalue weighted by Gasteiger charge is -2.50. The first-order valence-electron chi connectivity index (χ1n) is 10.4. The van der Waals surface area contributed by atoms with Crippen molar-refractivity contribution in [2.45, 2.75) is 43.8 Å². The zero-order chi connectivity index (χ0) is 21.2. The third-order valence-corrected chi connectivity index (χ3v) is 7.33. The summed E-state index contributed by atoms with van der Waals surface area (Å²) in [4.78, 5) is 36.7. The number of rotatable bonds is 4. The molecule has 2 N–H and O–H groups in total. The molecule has 1 amide bonds. The molecule has 1 aromatic carbocycles. The number of halogens is 3. The molecule has 5 rings (SSSR count). The van der Waals surface area contributed by atoms with E-state index < -0.39 is 35.2 Å². The number of ketones is 1. The van der Waals surface area contributed by atoms with Crippen LogP contribution in [0, 0.1) is 29.3 Å². The Hall–Kier alpha value is -2.26. The van der Waals surface area contributed by atoms with Gasteiger partial charge in [-0.15, -0.1) is 0 Å². The minimum absolute atomic E-state index is 0.0274. The van der Waals surface area contributed by atoms with E-state index in [1.165, 1.54) is 4.90 Å². The van der Waals surface area contributed by atoms with Crippen LogP contribution in [0.5, 0.6) is 0 Å². The number of nitrogens with zero attached hydrogens (tertiary/aromatic N) is 1. The smallest absolute Gasteiger partial charge is 0.257 e. The van der Waals surface area contributed by atoms with Crippen molar-refractivity contribution in [1.82, 2.24) is 15.5 Å². The summed E-state index contributed by atoms with van der Waals surface area (Å²) >= 11 is 0. The second-order valence-corrected chi connectivity index (χ2v) is 8.79. The second-order valence-electron chi connectivity index (χ2n) is 8.79. The van der Waals surface area contributed by atoms with Crippen LogP contribution in [0.15, 0.2) is 0 Å². The average Bonchev–Trinajstić information content (AvgIpc) is 3.12. The Balaban J connectivity index is 1.46. The SMILES string of the molecule is O=CC(=O)C1CCC(N2Cc3c(c(F)c(F)c(F)c3C3C4CNCC3C4)C2=O)CN1. The highest BCUT2D eigenvalue weighted by Crippen LogP contribution is 2.52. The fraction of sp³-hybridized carbons (Fsp3) is 0.571. The predicted molar refractivity (Wildman–Crippen MR) is 99.3 cm³/mol. The molecule has 0 spiro atoms. The number of carbonyl (C=O) groups excluding carboxylic acids is 3. The van der Waals surface area contributed by atoms with Gasteiger partial charge in [-0.05, 0) is 55.7 Å². The van der Waals surface area contributed by atoms with Crippen molar-refractivity contribution in [3.8, 4) is 0 Å². The molecule has 0 aromatic heterocycles. The molecule has 6 nitrogen and oxygen atoms in total.